The Kier molecular flexibility index (Phi) is 5.72. The second-order valence-electron chi connectivity index (χ2n) is 5.31. The highest BCUT2D eigenvalue weighted by atomic mass is 127. The molecular weight excluding hydrogens is 381 g/mol. The number of rotatable bonds is 3. The molecule has 3 rings (SSSR count). The molecule has 0 aliphatic heterocycles. The average molecular weight is 402 g/mol. The Morgan fingerprint density at radius 3 is 2.32 bits per heavy atom. The molecule has 0 aliphatic carbocycles. The minimum atomic E-state index is 0. The number of nitrogens with zero attached hydrogens (tertiary/aromatic N) is 1. The SMILES string of the molecule is CC[n+]1c(/C=C/c2ccc(C)cc2)ccc2ccccc21.I. The van der Waals surface area contributed by atoms with Crippen LogP contribution in [0.2, 0.25) is 0 Å². The first-order valence-electron chi connectivity index (χ1n) is 7.44. The first-order valence-corrected chi connectivity index (χ1v) is 7.44. The minimum absolute atomic E-state index is 0. The number of aromatic nitrogens is 1. The molecule has 2 aromatic carbocycles. The third kappa shape index (κ3) is 3.55. The number of aryl methyl sites for hydroxylation is 2. The molecule has 0 atom stereocenters. The van der Waals surface area contributed by atoms with Gasteiger partial charge in [-0.25, -0.2) is 0 Å². The summed E-state index contributed by atoms with van der Waals surface area (Å²) in [7, 11) is 0. The number of hydrogen-bond acceptors (Lipinski definition) is 0. The zero-order chi connectivity index (χ0) is 14.7. The van der Waals surface area contributed by atoms with Crippen molar-refractivity contribution in [1.82, 2.24) is 0 Å². The summed E-state index contributed by atoms with van der Waals surface area (Å²) >= 11 is 0. The van der Waals surface area contributed by atoms with Gasteiger partial charge in [0.2, 0.25) is 11.2 Å². The number of hydrogen-bond donors (Lipinski definition) is 0. The van der Waals surface area contributed by atoms with Gasteiger partial charge in [-0.15, -0.1) is 24.0 Å². The van der Waals surface area contributed by atoms with Crippen molar-refractivity contribution in [2.75, 3.05) is 0 Å². The van der Waals surface area contributed by atoms with Crippen LogP contribution >= 0.6 is 24.0 Å². The zero-order valence-electron chi connectivity index (χ0n) is 13.0. The van der Waals surface area contributed by atoms with E-state index in [9.17, 15) is 0 Å². The van der Waals surface area contributed by atoms with Crippen molar-refractivity contribution in [3.05, 3.63) is 77.5 Å². The van der Waals surface area contributed by atoms with E-state index in [2.05, 4.69) is 91.2 Å². The second kappa shape index (κ2) is 7.54. The summed E-state index contributed by atoms with van der Waals surface area (Å²) in [5, 5.41) is 1.28. The van der Waals surface area contributed by atoms with Crippen LogP contribution in [-0.2, 0) is 6.54 Å². The van der Waals surface area contributed by atoms with E-state index in [1.807, 2.05) is 0 Å². The van der Waals surface area contributed by atoms with Crippen LogP contribution in [-0.4, -0.2) is 0 Å². The summed E-state index contributed by atoms with van der Waals surface area (Å²) in [5.41, 5.74) is 5.04. The molecule has 0 fully saturated rings. The Labute approximate surface area is 149 Å². The standard InChI is InChI=1S/C20H20N.HI/c1-3-21-19(14-12-17-10-8-16(2)9-11-17)15-13-18-6-4-5-7-20(18)21;/h4-15H,3H2,1-2H3;1H/q+1;/b14-12+;. The first-order chi connectivity index (χ1) is 10.3. The van der Waals surface area contributed by atoms with E-state index in [0.717, 1.165) is 6.54 Å². The van der Waals surface area contributed by atoms with Gasteiger partial charge >= 0.3 is 0 Å². The molecule has 0 aliphatic rings. The summed E-state index contributed by atoms with van der Waals surface area (Å²) in [4.78, 5) is 0. The van der Waals surface area contributed by atoms with E-state index >= 15 is 0 Å². The molecule has 0 bridgehead atoms. The number of pyridine rings is 1. The van der Waals surface area contributed by atoms with Crippen LogP contribution in [0.15, 0.2) is 60.7 Å². The summed E-state index contributed by atoms with van der Waals surface area (Å²) in [6.07, 6.45) is 4.37. The fourth-order valence-corrected chi connectivity index (χ4v) is 2.64. The molecule has 0 saturated carbocycles. The topological polar surface area (TPSA) is 3.88 Å². The molecule has 1 nitrogen and oxygen atoms in total. The molecule has 0 N–H and O–H groups in total. The van der Waals surface area contributed by atoms with Gasteiger partial charge in [0.1, 0.15) is 6.54 Å². The number of halogens is 1. The molecule has 22 heavy (non-hydrogen) atoms. The Hall–Kier alpha value is -1.68. The van der Waals surface area contributed by atoms with Crippen molar-refractivity contribution < 1.29 is 4.57 Å². The Bertz CT molecular complexity index is 788. The van der Waals surface area contributed by atoms with E-state index in [4.69, 9.17) is 0 Å². The van der Waals surface area contributed by atoms with Gasteiger partial charge in [0, 0.05) is 23.6 Å². The molecule has 112 valence electrons. The summed E-state index contributed by atoms with van der Waals surface area (Å²) in [5.74, 6) is 0. The van der Waals surface area contributed by atoms with Crippen LogP contribution in [0.3, 0.4) is 0 Å². The zero-order valence-corrected chi connectivity index (χ0v) is 15.3. The van der Waals surface area contributed by atoms with Crippen LogP contribution in [0.25, 0.3) is 23.1 Å². The summed E-state index contributed by atoms with van der Waals surface area (Å²) in [6.45, 7) is 5.27. The Morgan fingerprint density at radius 1 is 0.864 bits per heavy atom. The van der Waals surface area contributed by atoms with E-state index in [1.165, 1.54) is 27.7 Å². The predicted octanol–water partition coefficient (Wildman–Crippen LogP) is 5.24. The van der Waals surface area contributed by atoms with Gasteiger partial charge in [-0.1, -0.05) is 42.0 Å². The predicted molar refractivity (Wildman–Crippen MR) is 105 cm³/mol. The monoisotopic (exact) mass is 402 g/mol. The molecule has 2 heteroatoms. The van der Waals surface area contributed by atoms with E-state index < -0.39 is 0 Å². The molecule has 1 aromatic heterocycles. The number of fused-ring (bicyclic) bond motifs is 1. The fourth-order valence-electron chi connectivity index (χ4n) is 2.64. The van der Waals surface area contributed by atoms with Gasteiger partial charge in [0.15, 0.2) is 0 Å². The lowest BCUT2D eigenvalue weighted by atomic mass is 10.1. The van der Waals surface area contributed by atoms with Gasteiger partial charge in [-0.3, -0.25) is 0 Å². The van der Waals surface area contributed by atoms with Gasteiger partial charge in [-0.2, -0.15) is 4.57 Å². The van der Waals surface area contributed by atoms with E-state index in [0.29, 0.717) is 0 Å². The van der Waals surface area contributed by atoms with Gasteiger partial charge < -0.3 is 0 Å². The van der Waals surface area contributed by atoms with Gasteiger partial charge in [-0.05, 0) is 37.6 Å². The molecule has 0 amide bonds. The third-order valence-electron chi connectivity index (χ3n) is 3.81. The number of para-hydroxylation sites is 1. The van der Waals surface area contributed by atoms with Crippen molar-refractivity contribution in [1.29, 1.82) is 0 Å². The van der Waals surface area contributed by atoms with Crippen molar-refractivity contribution >= 4 is 47.0 Å². The lowest BCUT2D eigenvalue weighted by Crippen LogP contribution is -2.36. The highest BCUT2D eigenvalue weighted by molar-refractivity contribution is 14.0. The number of benzene rings is 2. The van der Waals surface area contributed by atoms with Crippen molar-refractivity contribution in [3.8, 4) is 0 Å². The van der Waals surface area contributed by atoms with Crippen molar-refractivity contribution in [3.63, 3.8) is 0 Å². The molecule has 0 saturated heterocycles. The van der Waals surface area contributed by atoms with Crippen LogP contribution in [0.1, 0.15) is 23.7 Å². The molecule has 0 unspecified atom stereocenters. The summed E-state index contributed by atoms with van der Waals surface area (Å²) in [6, 6.07) is 21.5. The highest BCUT2D eigenvalue weighted by Gasteiger charge is 2.10. The quantitative estimate of drug-likeness (QED) is 0.417. The molecular formula is C20H21IN+. The second-order valence-corrected chi connectivity index (χ2v) is 5.31. The summed E-state index contributed by atoms with van der Waals surface area (Å²) < 4.78 is 2.35. The van der Waals surface area contributed by atoms with Crippen LogP contribution in [0.4, 0.5) is 0 Å². The first kappa shape index (κ1) is 16.7. The lowest BCUT2D eigenvalue weighted by Gasteiger charge is -2.02. The Balaban J connectivity index is 0.00000176. The lowest BCUT2D eigenvalue weighted by molar-refractivity contribution is -0.669. The van der Waals surface area contributed by atoms with Crippen LogP contribution < -0.4 is 4.57 Å². The van der Waals surface area contributed by atoms with Crippen LogP contribution in [0, 0.1) is 6.92 Å². The Morgan fingerprint density at radius 2 is 1.59 bits per heavy atom. The third-order valence-corrected chi connectivity index (χ3v) is 3.81. The van der Waals surface area contributed by atoms with E-state index in [1.54, 1.807) is 0 Å². The maximum atomic E-state index is 2.35. The van der Waals surface area contributed by atoms with Gasteiger partial charge in [0.05, 0.1) is 0 Å². The van der Waals surface area contributed by atoms with Crippen molar-refractivity contribution in [2.24, 2.45) is 0 Å². The molecule has 0 spiro atoms. The van der Waals surface area contributed by atoms with Crippen LogP contribution in [0.5, 0.6) is 0 Å². The highest BCUT2D eigenvalue weighted by Crippen LogP contribution is 2.13. The normalized spacial score (nSPS) is 10.8. The van der Waals surface area contributed by atoms with E-state index in [-0.39, 0.29) is 24.0 Å². The average Bonchev–Trinajstić information content (AvgIpc) is 2.53. The maximum Gasteiger partial charge on any atom is 0.212 e. The molecule has 0 radical (unpaired) electrons. The smallest absolute Gasteiger partial charge is 0.192 e. The maximum absolute atomic E-state index is 2.35. The molecule has 1 heterocycles. The van der Waals surface area contributed by atoms with Gasteiger partial charge in [0.25, 0.3) is 0 Å². The minimum Gasteiger partial charge on any atom is -0.192 e. The van der Waals surface area contributed by atoms with Crippen molar-refractivity contribution in [2.45, 2.75) is 20.4 Å². The fraction of sp³-hybridized carbons (Fsp3) is 0.150. The largest absolute Gasteiger partial charge is 0.212 e. The molecule has 3 aromatic rings.